The highest BCUT2D eigenvalue weighted by molar-refractivity contribution is 8.01. The molecule has 3 saturated carbocycles. The van der Waals surface area contributed by atoms with Crippen molar-refractivity contribution < 1.29 is 18.7 Å². The Hall–Kier alpha value is -1.51. The highest BCUT2D eigenvalue weighted by atomic mass is 35.5. The fourth-order valence-corrected chi connectivity index (χ4v) is 5.64. The first-order valence-electron chi connectivity index (χ1n) is 9.42. The molecule has 1 saturated heterocycles. The number of halogens is 2. The van der Waals surface area contributed by atoms with Crippen molar-refractivity contribution in [2.75, 3.05) is 13.2 Å². The van der Waals surface area contributed by atoms with Crippen LogP contribution in [0.2, 0.25) is 5.02 Å². The minimum absolute atomic E-state index is 0.00927. The third-order valence-electron chi connectivity index (χ3n) is 5.61. The number of carbonyl (C=O) groups excluding carboxylic acids is 2. The Morgan fingerprint density at radius 2 is 2.04 bits per heavy atom. The molecule has 1 aromatic rings. The van der Waals surface area contributed by atoms with E-state index in [2.05, 4.69) is 22.9 Å². The molecule has 9 heteroatoms. The normalized spacial score (nSPS) is 32.8. The molecule has 5 rings (SSSR count). The van der Waals surface area contributed by atoms with Gasteiger partial charge in [0.25, 0.3) is 5.91 Å². The van der Waals surface area contributed by atoms with E-state index in [1.807, 2.05) is 0 Å². The zero-order valence-electron chi connectivity index (χ0n) is 15.5. The van der Waals surface area contributed by atoms with E-state index in [9.17, 15) is 14.0 Å². The van der Waals surface area contributed by atoms with Gasteiger partial charge in [-0.05, 0) is 37.8 Å². The summed E-state index contributed by atoms with van der Waals surface area (Å²) in [5, 5.41) is 9.82. The predicted molar refractivity (Wildman–Crippen MR) is 106 cm³/mol. The summed E-state index contributed by atoms with van der Waals surface area (Å²) in [6, 6.07) is 4.06. The van der Waals surface area contributed by atoms with Gasteiger partial charge in [-0.3, -0.25) is 9.59 Å². The number of hydrogen-bond donors (Lipinski definition) is 3. The number of nitrogens with one attached hydrogen (secondary N) is 3. The first-order valence-corrected chi connectivity index (χ1v) is 10.7. The van der Waals surface area contributed by atoms with E-state index in [-0.39, 0.29) is 45.5 Å². The van der Waals surface area contributed by atoms with Crippen molar-refractivity contribution in [2.24, 2.45) is 0 Å². The molecule has 2 amide bonds. The molecule has 2 bridgehead atoms. The summed E-state index contributed by atoms with van der Waals surface area (Å²) in [6.45, 7) is 2.62. The van der Waals surface area contributed by atoms with Crippen molar-refractivity contribution in [1.29, 1.82) is 0 Å². The summed E-state index contributed by atoms with van der Waals surface area (Å²) >= 11 is 7.31. The molecular formula is C19H23ClFN3O3S. The van der Waals surface area contributed by atoms with Crippen LogP contribution < -0.4 is 20.7 Å². The molecule has 28 heavy (non-hydrogen) atoms. The maximum Gasteiger partial charge on any atom is 0.258 e. The minimum atomic E-state index is -0.586. The second kappa shape index (κ2) is 7.39. The van der Waals surface area contributed by atoms with Crippen molar-refractivity contribution in [1.82, 2.24) is 16.0 Å². The summed E-state index contributed by atoms with van der Waals surface area (Å²) in [6.07, 6.45) is 3.23. The number of hydrogen-bond acceptors (Lipinski definition) is 5. The minimum Gasteiger partial charge on any atom is -0.484 e. The standard InChI is InChI=1S/C19H23ClFN3O3S/c1-2-16-22-6-14(28-16)17(26)24-19-8-18(9-19,10-19)23-15(25)7-27-11-3-4-12(20)13(21)5-11/h3-5,14,16,22H,2,6-10H2,1H3,(H,23,25)(H,24,26). The van der Waals surface area contributed by atoms with Gasteiger partial charge >= 0.3 is 0 Å². The number of benzene rings is 1. The Labute approximate surface area is 172 Å². The van der Waals surface area contributed by atoms with Crippen LogP contribution in [0.4, 0.5) is 4.39 Å². The molecule has 152 valence electrons. The van der Waals surface area contributed by atoms with Gasteiger partial charge in [0.15, 0.2) is 6.61 Å². The summed E-state index contributed by atoms with van der Waals surface area (Å²) in [5.41, 5.74) is -0.415. The number of rotatable bonds is 7. The quantitative estimate of drug-likeness (QED) is 0.621. The summed E-state index contributed by atoms with van der Waals surface area (Å²) in [4.78, 5) is 24.6. The van der Waals surface area contributed by atoms with Crippen LogP contribution in [-0.2, 0) is 9.59 Å². The van der Waals surface area contributed by atoms with Crippen LogP contribution in [0.3, 0.4) is 0 Å². The lowest BCUT2D eigenvalue weighted by molar-refractivity contribution is -0.150. The van der Waals surface area contributed by atoms with Crippen LogP contribution in [0.15, 0.2) is 18.2 Å². The largest absolute Gasteiger partial charge is 0.484 e. The third-order valence-corrected chi connectivity index (χ3v) is 7.45. The van der Waals surface area contributed by atoms with Gasteiger partial charge in [0.05, 0.1) is 15.6 Å². The van der Waals surface area contributed by atoms with Crippen molar-refractivity contribution in [3.8, 4) is 5.75 Å². The van der Waals surface area contributed by atoms with Crippen LogP contribution in [0.5, 0.6) is 5.75 Å². The van der Waals surface area contributed by atoms with Gasteiger partial charge < -0.3 is 20.7 Å². The van der Waals surface area contributed by atoms with Crippen molar-refractivity contribution >= 4 is 35.2 Å². The Morgan fingerprint density at radius 3 is 2.68 bits per heavy atom. The van der Waals surface area contributed by atoms with Gasteiger partial charge in [0.2, 0.25) is 5.91 Å². The molecular weight excluding hydrogens is 405 g/mol. The molecule has 4 fully saturated rings. The molecule has 0 radical (unpaired) electrons. The van der Waals surface area contributed by atoms with E-state index in [0.717, 1.165) is 31.7 Å². The van der Waals surface area contributed by atoms with Crippen molar-refractivity contribution in [3.05, 3.63) is 29.0 Å². The van der Waals surface area contributed by atoms with Gasteiger partial charge in [-0.1, -0.05) is 18.5 Å². The lowest BCUT2D eigenvalue weighted by Crippen LogP contribution is -2.84. The molecule has 1 aromatic carbocycles. The number of amides is 2. The summed E-state index contributed by atoms with van der Waals surface area (Å²) < 4.78 is 18.7. The maximum absolute atomic E-state index is 13.4. The Morgan fingerprint density at radius 1 is 1.32 bits per heavy atom. The first kappa shape index (κ1) is 19.8. The topological polar surface area (TPSA) is 79.5 Å². The van der Waals surface area contributed by atoms with E-state index in [1.165, 1.54) is 12.1 Å². The summed E-state index contributed by atoms with van der Waals surface area (Å²) in [7, 11) is 0. The van der Waals surface area contributed by atoms with Gasteiger partial charge in [0.1, 0.15) is 11.6 Å². The lowest BCUT2D eigenvalue weighted by Gasteiger charge is -2.70. The number of ether oxygens (including phenoxy) is 1. The molecule has 0 spiro atoms. The number of thioether (sulfide) groups is 1. The number of carbonyl (C=O) groups is 2. The van der Waals surface area contributed by atoms with Gasteiger partial charge in [-0.2, -0.15) is 0 Å². The van der Waals surface area contributed by atoms with Crippen molar-refractivity contribution in [2.45, 2.75) is 54.3 Å². The fraction of sp³-hybridized carbons (Fsp3) is 0.579. The van der Waals surface area contributed by atoms with Gasteiger partial charge in [-0.25, -0.2) is 4.39 Å². The molecule has 2 atom stereocenters. The highest BCUT2D eigenvalue weighted by Crippen LogP contribution is 2.60. The third kappa shape index (κ3) is 3.82. The van der Waals surface area contributed by atoms with Crippen LogP contribution >= 0.6 is 23.4 Å². The van der Waals surface area contributed by atoms with Crippen LogP contribution in [0.25, 0.3) is 0 Å². The molecule has 1 heterocycles. The van der Waals surface area contributed by atoms with E-state index >= 15 is 0 Å². The summed E-state index contributed by atoms with van der Waals surface area (Å²) in [5.74, 6) is -0.499. The highest BCUT2D eigenvalue weighted by Gasteiger charge is 2.69. The van der Waals surface area contributed by atoms with Gasteiger partial charge in [0, 0.05) is 23.7 Å². The van der Waals surface area contributed by atoms with E-state index in [0.29, 0.717) is 11.9 Å². The van der Waals surface area contributed by atoms with Crippen LogP contribution in [0.1, 0.15) is 32.6 Å². The second-order valence-corrected chi connectivity index (χ2v) is 9.74. The second-order valence-electron chi connectivity index (χ2n) is 7.92. The van der Waals surface area contributed by atoms with Gasteiger partial charge in [-0.15, -0.1) is 11.8 Å². The predicted octanol–water partition coefficient (Wildman–Crippen LogP) is 2.21. The van der Waals surface area contributed by atoms with Crippen LogP contribution in [0, 0.1) is 5.82 Å². The lowest BCUT2D eigenvalue weighted by atomic mass is 9.44. The average Bonchev–Trinajstić information content (AvgIpc) is 3.09. The Kier molecular flexibility index (Phi) is 5.22. The first-order chi connectivity index (χ1) is 13.3. The van der Waals surface area contributed by atoms with Crippen LogP contribution in [-0.4, -0.2) is 46.7 Å². The Bertz CT molecular complexity index is 789. The zero-order valence-corrected chi connectivity index (χ0v) is 17.1. The molecule has 3 N–H and O–H groups in total. The zero-order chi connectivity index (χ0) is 19.9. The smallest absolute Gasteiger partial charge is 0.258 e. The Balaban J connectivity index is 1.19. The van der Waals surface area contributed by atoms with E-state index in [1.54, 1.807) is 11.8 Å². The molecule has 2 unspecified atom stereocenters. The SMILES string of the molecule is CCC1NCC(C(=O)NC23CC(NC(=O)COc4ccc(Cl)c(F)c4)(C2)C3)S1. The average molecular weight is 428 g/mol. The van der Waals surface area contributed by atoms with E-state index < -0.39 is 5.82 Å². The fourth-order valence-electron chi connectivity index (χ4n) is 4.37. The molecule has 6 nitrogen and oxygen atoms in total. The molecule has 3 aliphatic carbocycles. The van der Waals surface area contributed by atoms with Crippen molar-refractivity contribution in [3.63, 3.8) is 0 Å². The van der Waals surface area contributed by atoms with E-state index in [4.69, 9.17) is 16.3 Å². The maximum atomic E-state index is 13.4. The molecule has 4 aliphatic rings. The molecule has 1 aliphatic heterocycles. The molecule has 0 aromatic heterocycles. The monoisotopic (exact) mass is 427 g/mol.